The average Bonchev–Trinajstić information content (AvgIpc) is 4.33. The zero-order valence-corrected chi connectivity index (χ0v) is 48.7. The van der Waals surface area contributed by atoms with Gasteiger partial charge >= 0.3 is 0 Å². The molecule has 0 aliphatic carbocycles. The van der Waals surface area contributed by atoms with Gasteiger partial charge in [-0.1, -0.05) is 90.0 Å². The van der Waals surface area contributed by atoms with Gasteiger partial charge in [-0.05, 0) is 146 Å². The van der Waals surface area contributed by atoms with Crippen LogP contribution in [0.4, 0.5) is 17.1 Å². The van der Waals surface area contributed by atoms with Gasteiger partial charge in [0, 0.05) is 70.2 Å². The van der Waals surface area contributed by atoms with Gasteiger partial charge in [0.15, 0.2) is 5.69 Å². The van der Waals surface area contributed by atoms with E-state index in [1.54, 1.807) is 36.8 Å². The van der Waals surface area contributed by atoms with Gasteiger partial charge in [0.05, 0.1) is 50.2 Å². The van der Waals surface area contributed by atoms with Crippen molar-refractivity contribution in [2.45, 2.75) is 130 Å². The van der Waals surface area contributed by atoms with Crippen LogP contribution in [-0.4, -0.2) is 34.8 Å². The molecule has 0 aliphatic rings. The maximum absolute atomic E-state index is 10.7. The molecule has 5 aromatic heterocycles. The second-order valence-corrected chi connectivity index (χ2v) is 17.1. The van der Waals surface area contributed by atoms with E-state index >= 15 is 0 Å². The van der Waals surface area contributed by atoms with Crippen LogP contribution in [0.3, 0.4) is 0 Å². The molecule has 0 saturated carbocycles. The Balaban J connectivity index is 0.000000468. The highest BCUT2D eigenvalue weighted by Gasteiger charge is 2.17. The number of nitriles is 3. The maximum Gasteiger partial charge on any atom is 0.293 e. The van der Waals surface area contributed by atoms with E-state index in [0.29, 0.717) is 22.3 Å². The van der Waals surface area contributed by atoms with Gasteiger partial charge in [0.2, 0.25) is 0 Å². The number of aromatic amines is 5. The number of hydrogen-bond donors (Lipinski definition) is 5. The standard InChI is InChI=1S/C13H14N2.C11H7N3.C11H10N2.2C9H8N2O2.5C2H6/c1-13(2,3)11-6-9-4-5-15-12(9)10(7-11)8-14;1-7-5-8(6-12)11-9(3-4-14-11)10(7)13-2;1-7-5-9-3-4-13-11(9)8(2)10(7)6-12;2*1-6-4-7-2-3-10-9(7)8(5-6)11(12)13;5*1-2/h4-7,15H,1-3H3;3-5,14H,1H3;3-5,13H,1-2H3;2*2-5,10H,1H3;5*1-2H3. The molecule has 0 aliphatic heterocycles. The summed E-state index contributed by atoms with van der Waals surface area (Å²) in [6.45, 7) is 43.0. The SMILES string of the molecule is CC.CC.CC.CC.CC.CC(C)(C)c1cc(C#N)c2[nH]ccc2c1.Cc1cc([N+](=O)[O-])c2[nH]ccc2c1.Cc1cc([N+](=O)[O-])c2[nH]ccc2c1.Cc1cc2cc[nH]c2c(C)c1C#N.[C-]#[N+]c1c(C)cc(C#N)c2[nH]ccc12. The Kier molecular flexibility index (Phi) is 28.0. The van der Waals surface area contributed by atoms with Gasteiger partial charge in [-0.3, -0.25) is 20.2 Å². The molecule has 5 heterocycles. The minimum absolute atomic E-state index is 0.0804. The zero-order valence-electron chi connectivity index (χ0n) is 48.7. The first-order valence-electron chi connectivity index (χ1n) is 26.2. The summed E-state index contributed by atoms with van der Waals surface area (Å²) < 4.78 is 0. The number of rotatable bonds is 2. The van der Waals surface area contributed by atoms with Crippen molar-refractivity contribution < 1.29 is 9.85 Å². The van der Waals surface area contributed by atoms with Crippen LogP contribution in [0, 0.1) is 95.4 Å². The molecular weight excluding hydrogens is 975 g/mol. The van der Waals surface area contributed by atoms with E-state index in [0.717, 1.165) is 77.0 Å². The normalized spacial score (nSPS) is 9.56. The predicted molar refractivity (Wildman–Crippen MR) is 324 cm³/mol. The van der Waals surface area contributed by atoms with E-state index in [1.165, 1.54) is 10.9 Å². The minimum atomic E-state index is -0.369. The topological polar surface area (TPSA) is 241 Å². The number of aromatic nitrogens is 5. The molecule has 0 atom stereocenters. The molecule has 0 radical (unpaired) electrons. The Morgan fingerprint density at radius 2 is 0.872 bits per heavy atom. The summed E-state index contributed by atoms with van der Waals surface area (Å²) in [5, 5.41) is 53.1. The first-order chi connectivity index (χ1) is 37.4. The highest BCUT2D eigenvalue weighted by Crippen LogP contribution is 2.32. The smallest absolute Gasteiger partial charge is 0.293 e. The van der Waals surface area contributed by atoms with Crippen LogP contribution in [0.15, 0.2) is 110 Å². The summed E-state index contributed by atoms with van der Waals surface area (Å²) in [6, 6.07) is 31.0. The Morgan fingerprint density at radius 3 is 1.28 bits per heavy atom. The van der Waals surface area contributed by atoms with E-state index in [9.17, 15) is 20.2 Å². The molecule has 78 heavy (non-hydrogen) atoms. The first kappa shape index (κ1) is 66.6. The van der Waals surface area contributed by atoms with Crippen molar-refractivity contribution in [1.29, 1.82) is 15.8 Å². The summed E-state index contributed by atoms with van der Waals surface area (Å²) in [6.07, 6.45) is 8.93. The molecule has 0 bridgehead atoms. The summed E-state index contributed by atoms with van der Waals surface area (Å²) in [7, 11) is 0. The van der Waals surface area contributed by atoms with E-state index in [4.69, 9.17) is 22.4 Å². The van der Waals surface area contributed by atoms with Gasteiger partial charge in [-0.25, -0.2) is 4.85 Å². The second kappa shape index (κ2) is 32.8. The predicted octanol–water partition coefficient (Wildman–Crippen LogP) is 18.8. The Morgan fingerprint density at radius 1 is 0.487 bits per heavy atom. The zero-order chi connectivity index (χ0) is 59.4. The highest BCUT2D eigenvalue weighted by atomic mass is 16.6. The van der Waals surface area contributed by atoms with Gasteiger partial charge < -0.3 is 24.9 Å². The number of benzene rings is 5. The lowest BCUT2D eigenvalue weighted by Gasteiger charge is -2.19. The number of H-pyrrole nitrogens is 5. The lowest BCUT2D eigenvalue weighted by Crippen LogP contribution is -2.11. The van der Waals surface area contributed by atoms with Crippen molar-refractivity contribution in [1.82, 2.24) is 24.9 Å². The molecule has 10 rings (SSSR count). The third kappa shape index (κ3) is 16.8. The van der Waals surface area contributed by atoms with Crippen LogP contribution < -0.4 is 0 Å². The average molecular weight is 1050 g/mol. The van der Waals surface area contributed by atoms with E-state index < -0.39 is 0 Å². The van der Waals surface area contributed by atoms with Crippen LogP contribution in [0.1, 0.15) is 140 Å². The molecule has 0 unspecified atom stereocenters. The second-order valence-electron chi connectivity index (χ2n) is 17.1. The largest absolute Gasteiger partial charge is 0.361 e. The summed E-state index contributed by atoms with van der Waals surface area (Å²) in [5.74, 6) is 0. The quantitative estimate of drug-likeness (QED) is 0.0636. The lowest BCUT2D eigenvalue weighted by molar-refractivity contribution is -0.383. The molecule has 408 valence electrons. The van der Waals surface area contributed by atoms with E-state index in [1.807, 2.05) is 171 Å². The fourth-order valence-electron chi connectivity index (χ4n) is 7.90. The molecule has 10 aromatic rings. The van der Waals surface area contributed by atoms with Crippen molar-refractivity contribution in [3.05, 3.63) is 192 Å². The van der Waals surface area contributed by atoms with E-state index in [-0.39, 0.29) is 26.6 Å². The number of nitrogens with zero attached hydrogens (tertiary/aromatic N) is 6. The van der Waals surface area contributed by atoms with Crippen LogP contribution in [0.2, 0.25) is 0 Å². The van der Waals surface area contributed by atoms with Crippen molar-refractivity contribution in [3.8, 4) is 18.2 Å². The van der Waals surface area contributed by atoms with Crippen molar-refractivity contribution in [3.63, 3.8) is 0 Å². The third-order valence-corrected chi connectivity index (χ3v) is 11.3. The fraction of sp³-hybridized carbons (Fsp3) is 0.302. The number of fused-ring (bicyclic) bond motifs is 5. The number of nitrogens with one attached hydrogen (secondary N) is 5. The number of hydrogen-bond acceptors (Lipinski definition) is 7. The molecule has 5 N–H and O–H groups in total. The molecule has 15 nitrogen and oxygen atoms in total. The first-order valence-corrected chi connectivity index (χ1v) is 26.2. The Hall–Kier alpha value is -9.44. The van der Waals surface area contributed by atoms with Crippen LogP contribution in [0.25, 0.3) is 59.4 Å². The molecule has 15 heteroatoms. The highest BCUT2D eigenvalue weighted by molar-refractivity contribution is 5.97. The van der Waals surface area contributed by atoms with E-state index in [2.05, 4.69) is 74.8 Å². The maximum atomic E-state index is 10.7. The minimum Gasteiger partial charge on any atom is -0.361 e. The molecule has 5 aromatic carbocycles. The lowest BCUT2D eigenvalue weighted by atomic mass is 9.85. The summed E-state index contributed by atoms with van der Waals surface area (Å²) in [4.78, 5) is 38.9. The molecule has 0 amide bonds. The molecular formula is C63H77N11O4. The van der Waals surface area contributed by atoms with Gasteiger partial charge in [-0.15, -0.1) is 0 Å². The number of nitro benzene ring substituents is 2. The van der Waals surface area contributed by atoms with Crippen molar-refractivity contribution in [2.24, 2.45) is 0 Å². The van der Waals surface area contributed by atoms with Crippen LogP contribution in [-0.2, 0) is 5.41 Å². The van der Waals surface area contributed by atoms with Gasteiger partial charge in [0.1, 0.15) is 23.2 Å². The Bertz CT molecular complexity index is 3610. The Labute approximate surface area is 460 Å². The third-order valence-electron chi connectivity index (χ3n) is 11.3. The van der Waals surface area contributed by atoms with Gasteiger partial charge in [-0.2, -0.15) is 15.8 Å². The van der Waals surface area contributed by atoms with Gasteiger partial charge in [0.25, 0.3) is 11.4 Å². The number of aryl methyl sites for hydroxylation is 5. The number of nitro groups is 2. The van der Waals surface area contributed by atoms with Crippen LogP contribution in [0.5, 0.6) is 0 Å². The monoisotopic (exact) mass is 1050 g/mol. The number of non-ortho nitro benzene ring substituents is 2. The molecule has 0 spiro atoms. The van der Waals surface area contributed by atoms with Crippen LogP contribution >= 0.6 is 0 Å². The van der Waals surface area contributed by atoms with Crippen molar-refractivity contribution in [2.75, 3.05) is 0 Å². The van der Waals surface area contributed by atoms with Crippen molar-refractivity contribution >= 4 is 71.6 Å². The fourth-order valence-corrected chi connectivity index (χ4v) is 7.90. The summed E-state index contributed by atoms with van der Waals surface area (Å²) in [5.41, 5.74) is 13.0. The molecule has 0 saturated heterocycles. The summed E-state index contributed by atoms with van der Waals surface area (Å²) >= 11 is 0. The molecule has 0 fully saturated rings.